The number of ether oxygens (including phenoxy) is 2. The van der Waals surface area contributed by atoms with Crippen LogP contribution in [0.25, 0.3) is 10.9 Å². The fraction of sp³-hybridized carbons (Fsp3) is 0.286. The Morgan fingerprint density at radius 1 is 1.21 bits per heavy atom. The first-order chi connectivity index (χ1) is 13.9. The summed E-state index contributed by atoms with van der Waals surface area (Å²) in [6.45, 7) is 2.59. The van der Waals surface area contributed by atoms with E-state index in [-0.39, 0.29) is 5.69 Å². The number of nitro groups is 1. The van der Waals surface area contributed by atoms with E-state index >= 15 is 0 Å². The number of non-ortho nitro benzene ring substituents is 1. The molecule has 29 heavy (non-hydrogen) atoms. The highest BCUT2D eigenvalue weighted by molar-refractivity contribution is 5.97. The number of aryl methyl sites for hydroxylation is 1. The Hall–Kier alpha value is -3.39. The fourth-order valence-corrected chi connectivity index (χ4v) is 4.01. The zero-order valence-electron chi connectivity index (χ0n) is 16.4. The molecule has 0 aliphatic carbocycles. The van der Waals surface area contributed by atoms with Crippen LogP contribution in [0.4, 0.5) is 11.4 Å². The minimum atomic E-state index is -0.800. The number of β-amino-alcohol motifs (C(OH)–C–C–N with tert-alkyl or cyclic N) is 1. The Morgan fingerprint density at radius 2 is 1.93 bits per heavy atom. The maximum absolute atomic E-state index is 11.5. The first-order valence-electron chi connectivity index (χ1n) is 9.16. The van der Waals surface area contributed by atoms with E-state index in [0.29, 0.717) is 46.7 Å². The number of aliphatic hydroxyl groups is 1. The predicted octanol–water partition coefficient (Wildman–Crippen LogP) is 3.52. The lowest BCUT2D eigenvalue weighted by Crippen LogP contribution is -2.34. The summed E-state index contributed by atoms with van der Waals surface area (Å²) in [5.74, 6) is 1.27. The second-order valence-electron chi connectivity index (χ2n) is 6.97. The van der Waals surface area contributed by atoms with Crippen LogP contribution in [-0.2, 0) is 6.54 Å². The molecule has 150 valence electrons. The van der Waals surface area contributed by atoms with Gasteiger partial charge in [0.05, 0.1) is 19.1 Å². The van der Waals surface area contributed by atoms with Crippen molar-refractivity contribution < 1.29 is 19.5 Å². The minimum Gasteiger partial charge on any atom is -0.496 e. The van der Waals surface area contributed by atoms with Crippen molar-refractivity contribution in [3.05, 3.63) is 63.3 Å². The van der Waals surface area contributed by atoms with Crippen LogP contribution >= 0.6 is 0 Å². The number of hydrogen-bond acceptors (Lipinski definition) is 7. The van der Waals surface area contributed by atoms with Gasteiger partial charge in [-0.1, -0.05) is 12.1 Å². The van der Waals surface area contributed by atoms with E-state index < -0.39 is 11.0 Å². The number of nitrogens with zero attached hydrogens (tertiary/aromatic N) is 3. The minimum absolute atomic E-state index is 0.0374. The predicted molar refractivity (Wildman–Crippen MR) is 109 cm³/mol. The summed E-state index contributed by atoms with van der Waals surface area (Å²) in [6.07, 6.45) is -0.800. The summed E-state index contributed by atoms with van der Waals surface area (Å²) in [7, 11) is 3.16. The van der Waals surface area contributed by atoms with E-state index in [9.17, 15) is 15.2 Å². The number of nitro benzene ring substituents is 1. The Balaban J connectivity index is 1.89. The molecule has 0 radical (unpaired) electrons. The van der Waals surface area contributed by atoms with Crippen LogP contribution in [0.15, 0.2) is 36.4 Å². The monoisotopic (exact) mass is 395 g/mol. The van der Waals surface area contributed by atoms with Crippen LogP contribution in [0.3, 0.4) is 0 Å². The number of aromatic nitrogens is 1. The number of benzene rings is 2. The van der Waals surface area contributed by atoms with E-state index in [2.05, 4.69) is 4.98 Å². The summed E-state index contributed by atoms with van der Waals surface area (Å²) in [5.41, 5.74) is 3.29. The summed E-state index contributed by atoms with van der Waals surface area (Å²) >= 11 is 0. The first-order valence-corrected chi connectivity index (χ1v) is 9.16. The maximum Gasteiger partial charge on any atom is 0.295 e. The third-order valence-electron chi connectivity index (χ3n) is 5.25. The third kappa shape index (κ3) is 3.11. The van der Waals surface area contributed by atoms with Crippen molar-refractivity contribution in [1.82, 2.24) is 4.98 Å². The van der Waals surface area contributed by atoms with Crippen LogP contribution in [0.5, 0.6) is 11.5 Å². The van der Waals surface area contributed by atoms with Gasteiger partial charge in [0, 0.05) is 47.1 Å². The molecule has 2 heterocycles. The molecule has 1 unspecified atom stereocenters. The second-order valence-corrected chi connectivity index (χ2v) is 6.97. The molecular weight excluding hydrogens is 374 g/mol. The van der Waals surface area contributed by atoms with E-state index in [4.69, 9.17) is 9.47 Å². The van der Waals surface area contributed by atoms with Crippen molar-refractivity contribution in [2.75, 3.05) is 25.7 Å². The Morgan fingerprint density at radius 3 is 2.62 bits per heavy atom. The molecule has 1 aliphatic heterocycles. The van der Waals surface area contributed by atoms with Crippen LogP contribution in [-0.4, -0.2) is 35.8 Å². The molecule has 1 aromatic heterocycles. The molecule has 0 fully saturated rings. The van der Waals surface area contributed by atoms with Crippen molar-refractivity contribution in [2.24, 2.45) is 0 Å². The van der Waals surface area contributed by atoms with Crippen molar-refractivity contribution in [1.29, 1.82) is 0 Å². The number of aliphatic hydroxyl groups excluding tert-OH is 1. The molecule has 0 spiro atoms. The summed E-state index contributed by atoms with van der Waals surface area (Å²) in [5, 5.41) is 23.0. The molecule has 0 bridgehead atoms. The topological polar surface area (TPSA) is 98.0 Å². The smallest absolute Gasteiger partial charge is 0.295 e. The van der Waals surface area contributed by atoms with Gasteiger partial charge < -0.3 is 19.5 Å². The third-order valence-corrected chi connectivity index (χ3v) is 5.25. The summed E-state index contributed by atoms with van der Waals surface area (Å²) < 4.78 is 10.9. The standard InChI is InChI=1S/C21H21N3O5/c1-12-9-16(13-5-4-6-15(24(26)27)21(13)22-12)23-10-14-18(28-2)7-8-19(29-3)20(14)17(25)11-23/h4-9,17,25H,10-11H2,1-3H3. The average molecular weight is 395 g/mol. The fourth-order valence-electron chi connectivity index (χ4n) is 4.01. The normalized spacial score (nSPS) is 15.9. The molecule has 3 aromatic rings. The molecule has 1 N–H and O–H groups in total. The largest absolute Gasteiger partial charge is 0.496 e. The van der Waals surface area contributed by atoms with Crippen molar-refractivity contribution in [3.8, 4) is 11.5 Å². The molecule has 0 amide bonds. The van der Waals surface area contributed by atoms with Gasteiger partial charge in [-0.3, -0.25) is 10.1 Å². The van der Waals surface area contributed by atoms with Crippen LogP contribution < -0.4 is 14.4 Å². The highest BCUT2D eigenvalue weighted by atomic mass is 16.6. The molecule has 2 aromatic carbocycles. The number of methoxy groups -OCH3 is 2. The van der Waals surface area contributed by atoms with Gasteiger partial charge in [-0.15, -0.1) is 0 Å². The van der Waals surface area contributed by atoms with E-state index in [1.54, 1.807) is 33.3 Å². The zero-order chi connectivity index (χ0) is 20.7. The molecular formula is C21H21N3O5. The van der Waals surface area contributed by atoms with Crippen LogP contribution in [0, 0.1) is 17.0 Å². The van der Waals surface area contributed by atoms with Gasteiger partial charge in [0.1, 0.15) is 17.6 Å². The van der Waals surface area contributed by atoms with Gasteiger partial charge in [0.2, 0.25) is 0 Å². The lowest BCUT2D eigenvalue weighted by atomic mass is 9.94. The maximum atomic E-state index is 11.5. The summed E-state index contributed by atoms with van der Waals surface area (Å²) in [6, 6.07) is 10.4. The van der Waals surface area contributed by atoms with Crippen molar-refractivity contribution in [3.63, 3.8) is 0 Å². The molecule has 0 saturated heterocycles. The Labute approximate surface area is 167 Å². The molecule has 8 nitrogen and oxygen atoms in total. The number of rotatable bonds is 4. The number of hydrogen-bond donors (Lipinski definition) is 1. The number of para-hydroxylation sites is 1. The van der Waals surface area contributed by atoms with Gasteiger partial charge >= 0.3 is 0 Å². The van der Waals surface area contributed by atoms with E-state index in [1.807, 2.05) is 23.1 Å². The zero-order valence-corrected chi connectivity index (χ0v) is 16.4. The van der Waals surface area contributed by atoms with Crippen LogP contribution in [0.1, 0.15) is 22.9 Å². The van der Waals surface area contributed by atoms with Gasteiger partial charge in [-0.05, 0) is 25.1 Å². The highest BCUT2D eigenvalue weighted by Gasteiger charge is 2.31. The van der Waals surface area contributed by atoms with E-state index in [1.165, 1.54) is 6.07 Å². The second kappa shape index (κ2) is 7.21. The SMILES string of the molecule is COc1ccc(OC)c2c1CN(c1cc(C)nc3c([N+](=O)[O-])cccc13)CC2O. The van der Waals surface area contributed by atoms with Gasteiger partial charge in [0.15, 0.2) is 5.52 Å². The molecule has 1 atom stereocenters. The quantitative estimate of drug-likeness (QED) is 0.533. The average Bonchev–Trinajstić information content (AvgIpc) is 2.71. The Kier molecular flexibility index (Phi) is 4.71. The van der Waals surface area contributed by atoms with Gasteiger partial charge in [0.25, 0.3) is 5.69 Å². The lowest BCUT2D eigenvalue weighted by molar-refractivity contribution is -0.383. The molecule has 4 rings (SSSR count). The highest BCUT2D eigenvalue weighted by Crippen LogP contribution is 2.42. The number of pyridine rings is 1. The van der Waals surface area contributed by atoms with E-state index in [0.717, 1.165) is 11.3 Å². The van der Waals surface area contributed by atoms with Crippen molar-refractivity contribution >= 4 is 22.3 Å². The van der Waals surface area contributed by atoms with Gasteiger partial charge in [-0.25, -0.2) is 4.98 Å². The van der Waals surface area contributed by atoms with Crippen LogP contribution in [0.2, 0.25) is 0 Å². The molecule has 1 aliphatic rings. The number of anilines is 1. The Bertz CT molecular complexity index is 1120. The summed E-state index contributed by atoms with van der Waals surface area (Å²) in [4.78, 5) is 17.4. The van der Waals surface area contributed by atoms with Crippen molar-refractivity contribution in [2.45, 2.75) is 19.6 Å². The molecule has 0 saturated carbocycles. The molecule has 8 heteroatoms. The first kappa shape index (κ1) is 18.9. The van der Waals surface area contributed by atoms with Gasteiger partial charge in [-0.2, -0.15) is 0 Å². The lowest BCUT2D eigenvalue weighted by Gasteiger charge is -2.36. The number of fused-ring (bicyclic) bond motifs is 2.